The second-order valence-corrected chi connectivity index (χ2v) is 5.68. The van der Waals surface area contributed by atoms with Crippen LogP contribution in [0.2, 0.25) is 0 Å². The van der Waals surface area contributed by atoms with Gasteiger partial charge in [-0.2, -0.15) is 5.26 Å². The third-order valence-corrected chi connectivity index (χ3v) is 4.46. The molecule has 0 amide bonds. The first-order valence-corrected chi connectivity index (χ1v) is 6.70. The Bertz CT molecular complexity index is 464. The van der Waals surface area contributed by atoms with Gasteiger partial charge < -0.3 is 5.73 Å². The fourth-order valence-electron chi connectivity index (χ4n) is 3.55. The molecule has 2 saturated heterocycles. The predicted octanol–water partition coefficient (Wildman–Crippen LogP) is 2.24. The summed E-state index contributed by atoms with van der Waals surface area (Å²) in [6.45, 7) is 0.917. The molecule has 94 valence electrons. The van der Waals surface area contributed by atoms with Gasteiger partial charge in [0.15, 0.2) is 0 Å². The van der Waals surface area contributed by atoms with Crippen LogP contribution in [-0.2, 0) is 6.54 Å². The van der Waals surface area contributed by atoms with Crippen LogP contribution in [0.15, 0.2) is 30.3 Å². The van der Waals surface area contributed by atoms with Crippen molar-refractivity contribution in [2.75, 3.05) is 0 Å². The highest BCUT2D eigenvalue weighted by atomic mass is 15.3. The van der Waals surface area contributed by atoms with Crippen LogP contribution < -0.4 is 5.73 Å². The summed E-state index contributed by atoms with van der Waals surface area (Å²) in [7, 11) is 0. The fraction of sp³-hybridized carbons (Fsp3) is 0.533. The van der Waals surface area contributed by atoms with E-state index in [-0.39, 0.29) is 11.6 Å². The largest absolute Gasteiger partial charge is 0.313 e. The molecule has 3 heteroatoms. The highest BCUT2D eigenvalue weighted by Crippen LogP contribution is 2.43. The van der Waals surface area contributed by atoms with Crippen LogP contribution in [0.4, 0.5) is 0 Å². The highest BCUT2D eigenvalue weighted by molar-refractivity contribution is 5.17. The normalized spacial score (nSPS) is 35.3. The van der Waals surface area contributed by atoms with Crippen molar-refractivity contribution in [1.82, 2.24) is 4.90 Å². The van der Waals surface area contributed by atoms with Crippen LogP contribution >= 0.6 is 0 Å². The maximum absolute atomic E-state index is 9.12. The second-order valence-electron chi connectivity index (χ2n) is 5.68. The zero-order valence-electron chi connectivity index (χ0n) is 10.5. The SMILES string of the molecule is N#CC1CC2CCC(N)(C1)N2Cc1ccccc1. The molecule has 1 aromatic carbocycles. The molecule has 2 fully saturated rings. The summed E-state index contributed by atoms with van der Waals surface area (Å²) in [4.78, 5) is 2.43. The van der Waals surface area contributed by atoms with Crippen molar-refractivity contribution >= 4 is 0 Å². The van der Waals surface area contributed by atoms with E-state index in [4.69, 9.17) is 11.0 Å². The summed E-state index contributed by atoms with van der Waals surface area (Å²) in [5.74, 6) is 0.148. The number of nitrogens with two attached hydrogens (primary N) is 1. The van der Waals surface area contributed by atoms with Crippen LogP contribution in [0.5, 0.6) is 0 Å². The number of fused-ring (bicyclic) bond motifs is 2. The molecule has 2 bridgehead atoms. The Morgan fingerprint density at radius 1 is 1.39 bits per heavy atom. The lowest BCUT2D eigenvalue weighted by Gasteiger charge is -2.44. The number of hydrogen-bond donors (Lipinski definition) is 1. The molecular formula is C15H19N3. The van der Waals surface area contributed by atoms with E-state index in [0.717, 1.165) is 32.2 Å². The first-order chi connectivity index (χ1) is 8.71. The lowest BCUT2D eigenvalue weighted by molar-refractivity contribution is 0.0339. The molecule has 2 heterocycles. The number of hydrogen-bond acceptors (Lipinski definition) is 3. The van der Waals surface area contributed by atoms with Crippen LogP contribution in [0.3, 0.4) is 0 Å². The predicted molar refractivity (Wildman–Crippen MR) is 70.3 cm³/mol. The van der Waals surface area contributed by atoms with E-state index in [1.54, 1.807) is 0 Å². The van der Waals surface area contributed by atoms with Crippen LogP contribution in [0.25, 0.3) is 0 Å². The molecule has 0 radical (unpaired) electrons. The zero-order valence-corrected chi connectivity index (χ0v) is 10.5. The van der Waals surface area contributed by atoms with Crippen LogP contribution in [-0.4, -0.2) is 16.6 Å². The fourth-order valence-corrected chi connectivity index (χ4v) is 3.55. The summed E-state index contributed by atoms with van der Waals surface area (Å²) >= 11 is 0. The third kappa shape index (κ3) is 1.92. The van der Waals surface area contributed by atoms with Gasteiger partial charge in [-0.3, -0.25) is 4.90 Å². The molecule has 18 heavy (non-hydrogen) atoms. The van der Waals surface area contributed by atoms with Gasteiger partial charge in [0, 0.05) is 12.6 Å². The van der Waals surface area contributed by atoms with E-state index in [1.165, 1.54) is 5.56 Å². The Kier molecular flexibility index (Phi) is 2.85. The Hall–Kier alpha value is -1.37. The lowest BCUT2D eigenvalue weighted by atomic mass is 9.88. The topological polar surface area (TPSA) is 53.1 Å². The molecule has 3 atom stereocenters. The molecule has 0 spiro atoms. The quantitative estimate of drug-likeness (QED) is 0.864. The van der Waals surface area contributed by atoms with Crippen molar-refractivity contribution in [1.29, 1.82) is 5.26 Å². The second kappa shape index (κ2) is 4.38. The third-order valence-electron chi connectivity index (χ3n) is 4.46. The number of piperidine rings is 1. The van der Waals surface area contributed by atoms with Crippen LogP contribution in [0.1, 0.15) is 31.2 Å². The molecule has 3 rings (SSSR count). The van der Waals surface area contributed by atoms with Crippen LogP contribution in [0, 0.1) is 17.2 Å². The maximum Gasteiger partial charge on any atom is 0.0705 e. The number of rotatable bonds is 2. The minimum atomic E-state index is -0.251. The first-order valence-electron chi connectivity index (χ1n) is 6.70. The standard InChI is InChI=1S/C15H19N3/c16-10-13-8-14-6-7-15(17,9-13)18(14)11-12-4-2-1-3-5-12/h1-5,13-14H,6-9,11,17H2. The average Bonchev–Trinajstić information content (AvgIpc) is 2.59. The van der Waals surface area contributed by atoms with Gasteiger partial charge in [0.05, 0.1) is 17.6 Å². The van der Waals surface area contributed by atoms with Gasteiger partial charge >= 0.3 is 0 Å². The summed E-state index contributed by atoms with van der Waals surface area (Å²) in [5.41, 5.74) is 7.60. The van der Waals surface area contributed by atoms with E-state index in [2.05, 4.69) is 35.2 Å². The number of nitrogens with zero attached hydrogens (tertiary/aromatic N) is 2. The number of nitriles is 1. The van der Waals surface area contributed by atoms with Crippen molar-refractivity contribution in [2.45, 2.75) is 43.9 Å². The van der Waals surface area contributed by atoms with Crippen molar-refractivity contribution in [3.05, 3.63) is 35.9 Å². The maximum atomic E-state index is 9.12. The Morgan fingerprint density at radius 2 is 2.17 bits per heavy atom. The molecule has 0 aromatic heterocycles. The monoisotopic (exact) mass is 241 g/mol. The van der Waals surface area contributed by atoms with Gasteiger partial charge in [0.25, 0.3) is 0 Å². The summed E-state index contributed by atoms with van der Waals surface area (Å²) in [6.07, 6.45) is 3.99. The molecule has 0 saturated carbocycles. The van der Waals surface area contributed by atoms with E-state index >= 15 is 0 Å². The van der Waals surface area contributed by atoms with Gasteiger partial charge in [-0.25, -0.2) is 0 Å². The Morgan fingerprint density at radius 3 is 2.83 bits per heavy atom. The molecular weight excluding hydrogens is 222 g/mol. The van der Waals surface area contributed by atoms with Gasteiger partial charge in [-0.05, 0) is 31.2 Å². The van der Waals surface area contributed by atoms with Gasteiger partial charge in [-0.1, -0.05) is 30.3 Å². The zero-order chi connectivity index (χ0) is 12.6. The summed E-state index contributed by atoms with van der Waals surface area (Å²) < 4.78 is 0. The van der Waals surface area contributed by atoms with E-state index in [1.807, 2.05) is 6.07 Å². The van der Waals surface area contributed by atoms with E-state index in [9.17, 15) is 0 Å². The summed E-state index contributed by atoms with van der Waals surface area (Å²) in [6, 6.07) is 13.4. The minimum Gasteiger partial charge on any atom is -0.313 e. The molecule has 3 unspecified atom stereocenters. The Labute approximate surface area is 108 Å². The van der Waals surface area contributed by atoms with Gasteiger partial charge in [0.2, 0.25) is 0 Å². The smallest absolute Gasteiger partial charge is 0.0705 e. The molecule has 1 aromatic rings. The minimum absolute atomic E-state index is 0.148. The van der Waals surface area contributed by atoms with Gasteiger partial charge in [-0.15, -0.1) is 0 Å². The van der Waals surface area contributed by atoms with E-state index < -0.39 is 0 Å². The highest BCUT2D eigenvalue weighted by Gasteiger charge is 2.49. The molecule has 0 aliphatic carbocycles. The first kappa shape index (κ1) is 11.7. The summed E-state index contributed by atoms with van der Waals surface area (Å²) in [5, 5.41) is 9.12. The average molecular weight is 241 g/mol. The lowest BCUT2D eigenvalue weighted by Crippen LogP contribution is -2.57. The molecule has 2 aliphatic heterocycles. The number of benzene rings is 1. The van der Waals surface area contributed by atoms with Crippen molar-refractivity contribution in [2.24, 2.45) is 11.7 Å². The molecule has 2 N–H and O–H groups in total. The Balaban J connectivity index is 1.80. The van der Waals surface area contributed by atoms with Crippen molar-refractivity contribution in [3.63, 3.8) is 0 Å². The van der Waals surface area contributed by atoms with Crippen molar-refractivity contribution in [3.8, 4) is 6.07 Å². The molecule has 3 nitrogen and oxygen atoms in total. The molecule has 2 aliphatic rings. The van der Waals surface area contributed by atoms with Gasteiger partial charge in [0.1, 0.15) is 0 Å². The van der Waals surface area contributed by atoms with E-state index in [0.29, 0.717) is 6.04 Å². The van der Waals surface area contributed by atoms with Crippen molar-refractivity contribution < 1.29 is 0 Å².